The Hall–Kier alpha value is -0.990. The van der Waals surface area contributed by atoms with Gasteiger partial charge < -0.3 is 10.5 Å². The predicted octanol–water partition coefficient (Wildman–Crippen LogP) is 2.22. The van der Waals surface area contributed by atoms with Crippen LogP contribution in [0.15, 0.2) is 12.7 Å². The highest BCUT2D eigenvalue weighted by molar-refractivity contribution is 5.65. The van der Waals surface area contributed by atoms with Crippen LogP contribution in [0, 0.1) is 5.41 Å². The molecule has 1 aliphatic carbocycles. The van der Waals surface area contributed by atoms with Crippen molar-refractivity contribution in [3.8, 4) is 0 Å². The molecule has 0 heterocycles. The van der Waals surface area contributed by atoms with Crippen LogP contribution in [0.5, 0.6) is 0 Å². The lowest BCUT2D eigenvalue weighted by atomic mass is 9.91. The molecule has 2 N–H and O–H groups in total. The molecule has 13 heavy (non-hydrogen) atoms. The van der Waals surface area contributed by atoms with E-state index in [9.17, 15) is 4.79 Å². The van der Waals surface area contributed by atoms with Crippen molar-refractivity contribution in [3.05, 3.63) is 12.7 Å². The first kappa shape index (κ1) is 10.1. The van der Waals surface area contributed by atoms with Crippen molar-refractivity contribution < 1.29 is 9.53 Å². The Morgan fingerprint density at radius 2 is 2.23 bits per heavy atom. The van der Waals surface area contributed by atoms with Crippen LogP contribution in [-0.4, -0.2) is 11.7 Å². The van der Waals surface area contributed by atoms with Crippen LogP contribution in [0.4, 0.5) is 4.79 Å². The largest absolute Gasteiger partial charge is 0.444 e. The number of primary amides is 1. The second-order valence-corrected chi connectivity index (χ2v) is 4.42. The third-order valence-corrected chi connectivity index (χ3v) is 2.48. The van der Waals surface area contributed by atoms with Crippen LogP contribution in [0.2, 0.25) is 0 Å². The van der Waals surface area contributed by atoms with E-state index < -0.39 is 11.7 Å². The Morgan fingerprint density at radius 1 is 1.69 bits per heavy atom. The highest BCUT2D eigenvalue weighted by Crippen LogP contribution is 2.52. The fraction of sp³-hybridized carbons (Fsp3) is 0.700. The molecule has 0 saturated heterocycles. The first-order valence-corrected chi connectivity index (χ1v) is 4.51. The Balaban J connectivity index is 2.51. The first-order chi connectivity index (χ1) is 5.89. The maximum absolute atomic E-state index is 10.6. The topological polar surface area (TPSA) is 52.3 Å². The molecule has 0 aromatic heterocycles. The Bertz CT molecular complexity index is 229. The summed E-state index contributed by atoms with van der Waals surface area (Å²) in [7, 11) is 0. The molecule has 1 rings (SSSR count). The Morgan fingerprint density at radius 3 is 2.54 bits per heavy atom. The van der Waals surface area contributed by atoms with Gasteiger partial charge in [0.05, 0.1) is 0 Å². The monoisotopic (exact) mass is 183 g/mol. The smallest absolute Gasteiger partial charge is 0.405 e. The van der Waals surface area contributed by atoms with Gasteiger partial charge in [-0.3, -0.25) is 0 Å². The van der Waals surface area contributed by atoms with Crippen molar-refractivity contribution in [3.63, 3.8) is 0 Å². The number of hydrogen-bond donors (Lipinski definition) is 1. The molecule has 3 nitrogen and oxygen atoms in total. The summed E-state index contributed by atoms with van der Waals surface area (Å²) in [6.45, 7) is 7.54. The molecule has 0 spiro atoms. The molecule has 1 saturated carbocycles. The van der Waals surface area contributed by atoms with E-state index in [0.717, 1.165) is 19.3 Å². The average molecular weight is 183 g/mol. The summed E-state index contributed by atoms with van der Waals surface area (Å²) >= 11 is 0. The standard InChI is InChI=1S/C10H17NO2/c1-4-10(5-6-10)7-9(2,3)13-8(11)12/h4H,1,5-7H2,2-3H3,(H2,11,12). The molecule has 0 unspecified atom stereocenters. The van der Waals surface area contributed by atoms with Crippen molar-refractivity contribution in [2.24, 2.45) is 11.1 Å². The summed E-state index contributed by atoms with van der Waals surface area (Å²) in [5, 5.41) is 0. The van der Waals surface area contributed by atoms with Gasteiger partial charge in [0.15, 0.2) is 0 Å². The molecule has 0 aromatic rings. The van der Waals surface area contributed by atoms with Crippen LogP contribution < -0.4 is 5.73 Å². The fourth-order valence-electron chi connectivity index (χ4n) is 1.77. The number of carbonyl (C=O) groups excluding carboxylic acids is 1. The zero-order valence-corrected chi connectivity index (χ0v) is 8.30. The Labute approximate surface area is 78.9 Å². The van der Waals surface area contributed by atoms with E-state index in [-0.39, 0.29) is 5.41 Å². The van der Waals surface area contributed by atoms with Crippen LogP contribution in [0.3, 0.4) is 0 Å². The molecule has 1 aliphatic rings. The second kappa shape index (κ2) is 3.05. The van der Waals surface area contributed by atoms with E-state index >= 15 is 0 Å². The van der Waals surface area contributed by atoms with Gasteiger partial charge in [0.25, 0.3) is 0 Å². The second-order valence-electron chi connectivity index (χ2n) is 4.42. The maximum Gasteiger partial charge on any atom is 0.405 e. The minimum atomic E-state index is -0.704. The SMILES string of the molecule is C=CC1(CC(C)(C)OC(N)=O)CC1. The van der Waals surface area contributed by atoms with Crippen molar-refractivity contribution >= 4 is 6.09 Å². The van der Waals surface area contributed by atoms with E-state index in [4.69, 9.17) is 10.5 Å². The third-order valence-electron chi connectivity index (χ3n) is 2.48. The summed E-state index contributed by atoms with van der Waals surface area (Å²) in [6, 6.07) is 0. The van der Waals surface area contributed by atoms with Gasteiger partial charge in [-0.2, -0.15) is 0 Å². The molecule has 1 fully saturated rings. The fourth-order valence-corrected chi connectivity index (χ4v) is 1.77. The average Bonchev–Trinajstić information content (AvgIpc) is 2.65. The molecule has 0 radical (unpaired) electrons. The van der Waals surface area contributed by atoms with Gasteiger partial charge in [-0.05, 0) is 38.5 Å². The predicted molar refractivity (Wildman–Crippen MR) is 51.2 cm³/mol. The molecule has 0 bridgehead atoms. The van der Waals surface area contributed by atoms with E-state index in [1.165, 1.54) is 0 Å². The van der Waals surface area contributed by atoms with Gasteiger partial charge in [0.1, 0.15) is 5.60 Å². The zero-order chi connectivity index (χ0) is 10.1. The molecule has 0 atom stereocenters. The quantitative estimate of drug-likeness (QED) is 0.679. The van der Waals surface area contributed by atoms with Gasteiger partial charge >= 0.3 is 6.09 Å². The molecule has 1 amide bonds. The molecule has 74 valence electrons. The van der Waals surface area contributed by atoms with E-state index in [0.29, 0.717) is 0 Å². The van der Waals surface area contributed by atoms with E-state index in [1.807, 2.05) is 19.9 Å². The number of nitrogens with two attached hydrogens (primary N) is 1. The lowest BCUT2D eigenvalue weighted by molar-refractivity contribution is 0.0283. The molecular formula is C10H17NO2. The normalized spacial score (nSPS) is 19.2. The lowest BCUT2D eigenvalue weighted by Gasteiger charge is -2.27. The van der Waals surface area contributed by atoms with Crippen LogP contribution >= 0.6 is 0 Å². The summed E-state index contributed by atoms with van der Waals surface area (Å²) in [4.78, 5) is 10.6. The van der Waals surface area contributed by atoms with Gasteiger partial charge in [-0.1, -0.05) is 6.08 Å². The van der Waals surface area contributed by atoms with Gasteiger partial charge in [0, 0.05) is 0 Å². The minimum Gasteiger partial charge on any atom is -0.444 e. The zero-order valence-electron chi connectivity index (χ0n) is 8.30. The van der Waals surface area contributed by atoms with Gasteiger partial charge in [-0.25, -0.2) is 4.79 Å². The summed E-state index contributed by atoms with van der Waals surface area (Å²) < 4.78 is 5.01. The van der Waals surface area contributed by atoms with Crippen molar-refractivity contribution in [2.75, 3.05) is 0 Å². The van der Waals surface area contributed by atoms with Crippen LogP contribution in [0.1, 0.15) is 33.1 Å². The van der Waals surface area contributed by atoms with Crippen molar-refractivity contribution in [2.45, 2.75) is 38.7 Å². The number of amides is 1. The maximum atomic E-state index is 10.6. The summed E-state index contributed by atoms with van der Waals surface area (Å²) in [5.74, 6) is 0. The Kier molecular flexibility index (Phi) is 2.37. The number of hydrogen-bond acceptors (Lipinski definition) is 2. The first-order valence-electron chi connectivity index (χ1n) is 4.51. The third kappa shape index (κ3) is 2.76. The van der Waals surface area contributed by atoms with Crippen molar-refractivity contribution in [1.82, 2.24) is 0 Å². The molecule has 0 aliphatic heterocycles. The van der Waals surface area contributed by atoms with Crippen LogP contribution in [0.25, 0.3) is 0 Å². The van der Waals surface area contributed by atoms with E-state index in [2.05, 4.69) is 6.58 Å². The van der Waals surface area contributed by atoms with Gasteiger partial charge in [0.2, 0.25) is 0 Å². The minimum absolute atomic E-state index is 0.193. The van der Waals surface area contributed by atoms with Crippen LogP contribution in [-0.2, 0) is 4.74 Å². The number of rotatable bonds is 4. The lowest BCUT2D eigenvalue weighted by Crippen LogP contribution is -2.33. The summed E-state index contributed by atoms with van der Waals surface area (Å²) in [6.07, 6.45) is 4.35. The van der Waals surface area contributed by atoms with Gasteiger partial charge in [-0.15, -0.1) is 6.58 Å². The number of carbonyl (C=O) groups is 1. The molecule has 3 heteroatoms. The molecular weight excluding hydrogens is 166 g/mol. The summed E-state index contributed by atoms with van der Waals surface area (Å²) in [5.41, 5.74) is 4.69. The number of ether oxygens (including phenoxy) is 1. The number of allylic oxidation sites excluding steroid dienone is 1. The van der Waals surface area contributed by atoms with E-state index in [1.54, 1.807) is 0 Å². The highest BCUT2D eigenvalue weighted by Gasteiger charge is 2.44. The van der Waals surface area contributed by atoms with Crippen molar-refractivity contribution in [1.29, 1.82) is 0 Å². The highest BCUT2D eigenvalue weighted by atomic mass is 16.6. The molecule has 0 aromatic carbocycles.